The average molecular weight is 215 g/mol. The molecule has 1 saturated carbocycles. The first-order valence-corrected chi connectivity index (χ1v) is 6.00. The van der Waals surface area contributed by atoms with Crippen LogP contribution in [0.15, 0.2) is 18.2 Å². The minimum absolute atomic E-state index is 0.631. The summed E-state index contributed by atoms with van der Waals surface area (Å²) in [4.78, 5) is 4.61. The zero-order valence-corrected chi connectivity index (χ0v) is 9.61. The Morgan fingerprint density at radius 1 is 1.31 bits per heavy atom. The molecule has 1 aromatic heterocycles. The van der Waals surface area contributed by atoms with Gasteiger partial charge in [-0.05, 0) is 38.0 Å². The number of fused-ring (bicyclic) bond motifs is 1. The van der Waals surface area contributed by atoms with Gasteiger partial charge in [0.15, 0.2) is 0 Å². The third-order valence-corrected chi connectivity index (χ3v) is 3.58. The van der Waals surface area contributed by atoms with Crippen molar-refractivity contribution >= 4 is 16.7 Å². The lowest BCUT2D eigenvalue weighted by molar-refractivity contribution is 0.520. The SMILES string of the molecule is Cc1nc2ccc(N)cc2n1C1CCCC1. The van der Waals surface area contributed by atoms with E-state index in [1.54, 1.807) is 0 Å². The monoisotopic (exact) mass is 215 g/mol. The minimum Gasteiger partial charge on any atom is -0.399 e. The zero-order valence-electron chi connectivity index (χ0n) is 9.61. The molecule has 2 aromatic rings. The first-order chi connectivity index (χ1) is 7.75. The van der Waals surface area contributed by atoms with Crippen molar-refractivity contribution < 1.29 is 0 Å². The second-order valence-electron chi connectivity index (χ2n) is 4.72. The Labute approximate surface area is 95.3 Å². The van der Waals surface area contributed by atoms with E-state index >= 15 is 0 Å². The van der Waals surface area contributed by atoms with Crippen LogP contribution in [-0.4, -0.2) is 9.55 Å². The maximum atomic E-state index is 5.86. The molecule has 0 saturated heterocycles. The van der Waals surface area contributed by atoms with Crippen LogP contribution in [0, 0.1) is 6.92 Å². The fraction of sp³-hybridized carbons (Fsp3) is 0.462. The van der Waals surface area contributed by atoms with Crippen LogP contribution < -0.4 is 5.73 Å². The Bertz CT molecular complexity index is 521. The summed E-state index contributed by atoms with van der Waals surface area (Å²) in [5.74, 6) is 1.12. The van der Waals surface area contributed by atoms with Gasteiger partial charge < -0.3 is 10.3 Å². The van der Waals surface area contributed by atoms with Crippen molar-refractivity contribution in [2.75, 3.05) is 5.73 Å². The molecule has 3 rings (SSSR count). The number of nitrogens with two attached hydrogens (primary N) is 1. The van der Waals surface area contributed by atoms with Gasteiger partial charge in [-0.3, -0.25) is 0 Å². The molecule has 1 aromatic carbocycles. The molecular weight excluding hydrogens is 198 g/mol. The molecule has 0 atom stereocenters. The van der Waals surface area contributed by atoms with Crippen LogP contribution in [0.4, 0.5) is 5.69 Å². The van der Waals surface area contributed by atoms with Crippen molar-refractivity contribution in [3.05, 3.63) is 24.0 Å². The van der Waals surface area contributed by atoms with Gasteiger partial charge in [0, 0.05) is 11.7 Å². The van der Waals surface area contributed by atoms with E-state index in [0.717, 1.165) is 17.0 Å². The number of aryl methyl sites for hydroxylation is 1. The van der Waals surface area contributed by atoms with Crippen LogP contribution >= 0.6 is 0 Å². The molecule has 0 aliphatic heterocycles. The van der Waals surface area contributed by atoms with Crippen molar-refractivity contribution in [3.63, 3.8) is 0 Å². The third kappa shape index (κ3) is 1.39. The summed E-state index contributed by atoms with van der Waals surface area (Å²) in [5.41, 5.74) is 8.95. The van der Waals surface area contributed by atoms with Crippen molar-refractivity contribution in [1.82, 2.24) is 9.55 Å². The number of anilines is 1. The Morgan fingerprint density at radius 2 is 2.06 bits per heavy atom. The number of imidazole rings is 1. The van der Waals surface area contributed by atoms with Crippen LogP contribution in [0.2, 0.25) is 0 Å². The lowest BCUT2D eigenvalue weighted by Gasteiger charge is -2.14. The number of benzene rings is 1. The predicted octanol–water partition coefficient (Wildman–Crippen LogP) is 3.04. The van der Waals surface area contributed by atoms with Gasteiger partial charge in [0.05, 0.1) is 11.0 Å². The molecule has 3 heteroatoms. The molecule has 1 aliphatic carbocycles. The molecule has 2 N–H and O–H groups in total. The minimum atomic E-state index is 0.631. The fourth-order valence-corrected chi connectivity index (χ4v) is 2.85. The van der Waals surface area contributed by atoms with Gasteiger partial charge in [0.2, 0.25) is 0 Å². The van der Waals surface area contributed by atoms with Gasteiger partial charge in [-0.1, -0.05) is 12.8 Å². The quantitative estimate of drug-likeness (QED) is 0.743. The molecule has 0 bridgehead atoms. The van der Waals surface area contributed by atoms with Crippen LogP contribution in [0.3, 0.4) is 0 Å². The molecule has 3 nitrogen and oxygen atoms in total. The number of nitrogens with zero attached hydrogens (tertiary/aromatic N) is 2. The predicted molar refractivity (Wildman–Crippen MR) is 66.4 cm³/mol. The second-order valence-corrected chi connectivity index (χ2v) is 4.72. The molecule has 16 heavy (non-hydrogen) atoms. The van der Waals surface area contributed by atoms with Gasteiger partial charge in [0.1, 0.15) is 5.82 Å². The smallest absolute Gasteiger partial charge is 0.106 e. The number of hydrogen-bond acceptors (Lipinski definition) is 2. The molecule has 1 heterocycles. The normalized spacial score (nSPS) is 17.3. The molecular formula is C13H17N3. The van der Waals surface area contributed by atoms with Crippen LogP contribution in [0.25, 0.3) is 11.0 Å². The highest BCUT2D eigenvalue weighted by Crippen LogP contribution is 2.33. The fourth-order valence-electron chi connectivity index (χ4n) is 2.85. The number of rotatable bonds is 1. The van der Waals surface area contributed by atoms with Crippen molar-refractivity contribution in [1.29, 1.82) is 0 Å². The van der Waals surface area contributed by atoms with Gasteiger partial charge in [0.25, 0.3) is 0 Å². The molecule has 1 aliphatic rings. The van der Waals surface area contributed by atoms with Crippen molar-refractivity contribution in [3.8, 4) is 0 Å². The second kappa shape index (κ2) is 3.51. The first-order valence-electron chi connectivity index (χ1n) is 6.00. The highest BCUT2D eigenvalue weighted by atomic mass is 15.1. The summed E-state index contributed by atoms with van der Waals surface area (Å²) in [6, 6.07) is 6.62. The Balaban J connectivity index is 2.20. The Kier molecular flexibility index (Phi) is 2.13. The van der Waals surface area contributed by atoms with Gasteiger partial charge in [-0.2, -0.15) is 0 Å². The van der Waals surface area contributed by atoms with Gasteiger partial charge >= 0.3 is 0 Å². The summed E-state index contributed by atoms with van der Waals surface area (Å²) >= 11 is 0. The number of nitrogen functional groups attached to an aromatic ring is 1. The lowest BCUT2D eigenvalue weighted by atomic mass is 10.2. The van der Waals surface area contributed by atoms with E-state index in [1.165, 1.54) is 31.2 Å². The molecule has 1 fully saturated rings. The summed E-state index contributed by atoms with van der Waals surface area (Å²) < 4.78 is 2.37. The molecule has 0 amide bonds. The van der Waals surface area contributed by atoms with Crippen LogP contribution in [0.1, 0.15) is 37.5 Å². The van der Waals surface area contributed by atoms with E-state index in [1.807, 2.05) is 18.2 Å². The zero-order chi connectivity index (χ0) is 11.1. The molecule has 0 unspecified atom stereocenters. The average Bonchev–Trinajstić information content (AvgIpc) is 2.83. The molecule has 0 spiro atoms. The largest absolute Gasteiger partial charge is 0.399 e. The van der Waals surface area contributed by atoms with E-state index in [4.69, 9.17) is 5.73 Å². The Morgan fingerprint density at radius 3 is 2.81 bits per heavy atom. The summed E-state index contributed by atoms with van der Waals surface area (Å²) in [5, 5.41) is 0. The lowest BCUT2D eigenvalue weighted by Crippen LogP contribution is -2.06. The maximum absolute atomic E-state index is 5.86. The summed E-state index contributed by atoms with van der Waals surface area (Å²) in [7, 11) is 0. The Hall–Kier alpha value is -1.51. The molecule has 0 radical (unpaired) electrons. The first kappa shape index (κ1) is 9.70. The topological polar surface area (TPSA) is 43.8 Å². The van der Waals surface area contributed by atoms with Crippen molar-refractivity contribution in [2.24, 2.45) is 0 Å². The van der Waals surface area contributed by atoms with Crippen molar-refractivity contribution in [2.45, 2.75) is 38.6 Å². The standard InChI is InChI=1S/C13H17N3/c1-9-15-12-7-6-10(14)8-13(12)16(9)11-4-2-3-5-11/h6-8,11H,2-5,14H2,1H3. The highest BCUT2D eigenvalue weighted by molar-refractivity contribution is 5.79. The van der Waals surface area contributed by atoms with Crippen LogP contribution in [-0.2, 0) is 0 Å². The summed E-state index contributed by atoms with van der Waals surface area (Å²) in [6.45, 7) is 2.09. The highest BCUT2D eigenvalue weighted by Gasteiger charge is 2.20. The van der Waals surface area contributed by atoms with E-state index in [-0.39, 0.29) is 0 Å². The third-order valence-electron chi connectivity index (χ3n) is 3.58. The summed E-state index contributed by atoms with van der Waals surface area (Å²) in [6.07, 6.45) is 5.24. The van der Waals surface area contributed by atoms with Crippen LogP contribution in [0.5, 0.6) is 0 Å². The maximum Gasteiger partial charge on any atom is 0.106 e. The number of hydrogen-bond donors (Lipinski definition) is 1. The van der Waals surface area contributed by atoms with E-state index in [2.05, 4.69) is 16.5 Å². The van der Waals surface area contributed by atoms with Gasteiger partial charge in [-0.15, -0.1) is 0 Å². The number of aromatic nitrogens is 2. The van der Waals surface area contributed by atoms with E-state index < -0.39 is 0 Å². The molecule has 84 valence electrons. The van der Waals surface area contributed by atoms with Gasteiger partial charge in [-0.25, -0.2) is 4.98 Å². The van der Waals surface area contributed by atoms with E-state index in [0.29, 0.717) is 6.04 Å². The van der Waals surface area contributed by atoms with E-state index in [9.17, 15) is 0 Å².